The van der Waals surface area contributed by atoms with E-state index in [9.17, 15) is 0 Å². The lowest BCUT2D eigenvalue weighted by molar-refractivity contribution is 0.561. The fourth-order valence-corrected chi connectivity index (χ4v) is 1.77. The molecule has 82 valence electrons. The predicted octanol–water partition coefficient (Wildman–Crippen LogP) is 1.93. The van der Waals surface area contributed by atoms with E-state index in [1.165, 1.54) is 16.7 Å². The summed E-state index contributed by atoms with van der Waals surface area (Å²) in [6.45, 7) is 13.3. The van der Waals surface area contributed by atoms with Gasteiger partial charge in [-0.25, -0.2) is 0 Å². The summed E-state index contributed by atoms with van der Waals surface area (Å²) in [5.41, 5.74) is 4.15. The summed E-state index contributed by atoms with van der Waals surface area (Å²) < 4.78 is 0. The molecule has 0 atom stereocenters. The molecule has 1 rings (SSSR count). The van der Waals surface area contributed by atoms with Crippen LogP contribution >= 0.6 is 0 Å². The van der Waals surface area contributed by atoms with E-state index in [4.69, 9.17) is 0 Å². The first-order valence-electron chi connectivity index (χ1n) is 5.60. The Labute approximate surface area is 94.7 Å². The minimum atomic E-state index is 0.139. The molecule has 0 fully saturated rings. The zero-order valence-corrected chi connectivity index (χ0v) is 11.1. The van der Waals surface area contributed by atoms with Gasteiger partial charge in [-0.15, -0.1) is 0 Å². The van der Waals surface area contributed by atoms with E-state index in [-0.39, 0.29) is 10.8 Å². The van der Waals surface area contributed by atoms with Crippen molar-refractivity contribution in [1.29, 1.82) is 0 Å². The van der Waals surface area contributed by atoms with E-state index in [1.807, 2.05) is 6.20 Å². The van der Waals surface area contributed by atoms with E-state index in [0.717, 1.165) is 0 Å². The summed E-state index contributed by atoms with van der Waals surface area (Å²) in [6.07, 6.45) is 2.02. The predicted molar refractivity (Wildman–Crippen MR) is 69.8 cm³/mol. The lowest BCUT2D eigenvalue weighted by Crippen LogP contribution is -2.27. The van der Waals surface area contributed by atoms with E-state index >= 15 is 0 Å². The number of nitrogens with zero attached hydrogens (tertiary/aromatic N) is 1. The summed E-state index contributed by atoms with van der Waals surface area (Å²) in [5, 5.41) is 0. The van der Waals surface area contributed by atoms with E-state index in [2.05, 4.69) is 60.4 Å². The van der Waals surface area contributed by atoms with Crippen LogP contribution in [-0.2, 0) is 10.8 Å². The molecule has 0 aliphatic rings. The highest BCUT2D eigenvalue weighted by Gasteiger charge is 2.20. The third-order valence-corrected chi connectivity index (χ3v) is 2.65. The molecule has 1 aromatic rings. The van der Waals surface area contributed by atoms with Gasteiger partial charge in [0, 0.05) is 17.3 Å². The van der Waals surface area contributed by atoms with Gasteiger partial charge in [-0.05, 0) is 11.0 Å². The van der Waals surface area contributed by atoms with Crippen molar-refractivity contribution < 1.29 is 0 Å². The molecule has 0 bridgehead atoms. The Balaban J connectivity index is 3.21. The van der Waals surface area contributed by atoms with Gasteiger partial charge in [-0.1, -0.05) is 53.1 Å². The van der Waals surface area contributed by atoms with Crippen LogP contribution in [0, 0.1) is 0 Å². The number of rotatable bonds is 0. The van der Waals surface area contributed by atoms with Crippen LogP contribution < -0.4 is 5.46 Å². The van der Waals surface area contributed by atoms with Crippen LogP contribution in [0.2, 0.25) is 0 Å². The van der Waals surface area contributed by atoms with E-state index < -0.39 is 0 Å². The fourth-order valence-electron chi connectivity index (χ4n) is 1.77. The second-order valence-electron chi connectivity index (χ2n) is 6.39. The lowest BCUT2D eigenvalue weighted by atomic mass is 9.78. The Bertz CT molecular complexity index is 356. The standard InChI is InChI=1S/C13H22BN/c1-12(2,3)9-7-10(14)11(15-8-9)13(4,5)6/h7-8H,14H2,1-6H3. The number of pyridine rings is 1. The number of hydrogen-bond donors (Lipinski definition) is 0. The normalized spacial score (nSPS) is 12.9. The van der Waals surface area contributed by atoms with Gasteiger partial charge < -0.3 is 0 Å². The lowest BCUT2D eigenvalue weighted by Gasteiger charge is -2.24. The van der Waals surface area contributed by atoms with Crippen LogP contribution in [0.5, 0.6) is 0 Å². The molecule has 1 heterocycles. The molecular weight excluding hydrogens is 181 g/mol. The first-order chi connectivity index (χ1) is 6.62. The van der Waals surface area contributed by atoms with Gasteiger partial charge in [0.2, 0.25) is 0 Å². The molecule has 0 radical (unpaired) electrons. The van der Waals surface area contributed by atoms with Crippen LogP contribution in [0.1, 0.15) is 52.8 Å². The molecule has 0 aliphatic heterocycles. The molecule has 0 aromatic carbocycles. The van der Waals surface area contributed by atoms with Crippen LogP contribution in [0.3, 0.4) is 0 Å². The van der Waals surface area contributed by atoms with Gasteiger partial charge in [-0.2, -0.15) is 0 Å². The fraction of sp³-hybridized carbons (Fsp3) is 0.615. The van der Waals surface area contributed by atoms with Gasteiger partial charge in [0.25, 0.3) is 0 Å². The zero-order chi connectivity index (χ0) is 11.9. The molecule has 0 amide bonds. The van der Waals surface area contributed by atoms with Crippen LogP contribution in [0.25, 0.3) is 0 Å². The maximum Gasteiger partial charge on any atom is 0.141 e. The molecule has 1 aromatic heterocycles. The third-order valence-electron chi connectivity index (χ3n) is 2.65. The Morgan fingerprint density at radius 3 is 1.87 bits per heavy atom. The average Bonchev–Trinajstić information content (AvgIpc) is 1.99. The highest BCUT2D eigenvalue weighted by molar-refractivity contribution is 6.33. The van der Waals surface area contributed by atoms with Crippen LogP contribution in [0.4, 0.5) is 0 Å². The van der Waals surface area contributed by atoms with Crippen molar-refractivity contribution in [1.82, 2.24) is 4.98 Å². The van der Waals surface area contributed by atoms with Crippen molar-refractivity contribution in [3.8, 4) is 0 Å². The molecule has 0 N–H and O–H groups in total. The Morgan fingerprint density at radius 1 is 1.00 bits per heavy atom. The summed E-state index contributed by atoms with van der Waals surface area (Å²) in [7, 11) is 2.16. The molecule has 1 nitrogen and oxygen atoms in total. The molecule has 0 aliphatic carbocycles. The Kier molecular flexibility index (Phi) is 3.00. The molecular formula is C13H22BN. The minimum absolute atomic E-state index is 0.139. The molecule has 2 heteroatoms. The SMILES string of the molecule is Bc1cc(C(C)(C)C)cnc1C(C)(C)C. The van der Waals surface area contributed by atoms with Crippen molar-refractivity contribution in [2.45, 2.75) is 52.4 Å². The van der Waals surface area contributed by atoms with Crippen LogP contribution in [-0.4, -0.2) is 12.8 Å². The molecule has 0 spiro atoms. The Hall–Kier alpha value is -0.785. The first kappa shape index (κ1) is 12.3. The number of aromatic nitrogens is 1. The second-order valence-corrected chi connectivity index (χ2v) is 6.39. The van der Waals surface area contributed by atoms with E-state index in [0.29, 0.717) is 0 Å². The molecule has 0 saturated carbocycles. The van der Waals surface area contributed by atoms with Gasteiger partial charge in [-0.3, -0.25) is 4.98 Å². The minimum Gasteiger partial charge on any atom is -0.261 e. The Morgan fingerprint density at radius 2 is 1.53 bits per heavy atom. The summed E-state index contributed by atoms with van der Waals surface area (Å²) >= 11 is 0. The molecule has 15 heavy (non-hydrogen) atoms. The quantitative estimate of drug-likeness (QED) is 0.587. The summed E-state index contributed by atoms with van der Waals surface area (Å²) in [6, 6.07) is 2.27. The topological polar surface area (TPSA) is 12.9 Å². The monoisotopic (exact) mass is 203 g/mol. The van der Waals surface area contributed by atoms with Gasteiger partial charge in [0.05, 0.1) is 0 Å². The van der Waals surface area contributed by atoms with Gasteiger partial charge >= 0.3 is 0 Å². The van der Waals surface area contributed by atoms with Gasteiger partial charge in [0.15, 0.2) is 0 Å². The van der Waals surface area contributed by atoms with Crippen LogP contribution in [0.15, 0.2) is 12.3 Å². The molecule has 0 saturated heterocycles. The maximum atomic E-state index is 4.62. The maximum absolute atomic E-state index is 4.62. The van der Waals surface area contributed by atoms with Crippen molar-refractivity contribution in [2.75, 3.05) is 0 Å². The van der Waals surface area contributed by atoms with Crippen molar-refractivity contribution in [2.24, 2.45) is 0 Å². The highest BCUT2D eigenvalue weighted by Crippen LogP contribution is 2.23. The first-order valence-corrected chi connectivity index (χ1v) is 5.60. The van der Waals surface area contributed by atoms with Crippen molar-refractivity contribution in [3.05, 3.63) is 23.5 Å². The van der Waals surface area contributed by atoms with Crippen molar-refractivity contribution >= 4 is 13.3 Å². The average molecular weight is 203 g/mol. The number of hydrogen-bond acceptors (Lipinski definition) is 1. The zero-order valence-electron chi connectivity index (χ0n) is 11.1. The summed E-state index contributed by atoms with van der Waals surface area (Å²) in [4.78, 5) is 4.62. The molecule has 0 unspecified atom stereocenters. The van der Waals surface area contributed by atoms with E-state index in [1.54, 1.807) is 0 Å². The third kappa shape index (κ3) is 2.83. The largest absolute Gasteiger partial charge is 0.261 e. The van der Waals surface area contributed by atoms with Crippen molar-refractivity contribution in [3.63, 3.8) is 0 Å². The smallest absolute Gasteiger partial charge is 0.141 e. The second kappa shape index (κ2) is 3.66. The highest BCUT2D eigenvalue weighted by atomic mass is 14.7. The summed E-state index contributed by atoms with van der Waals surface area (Å²) in [5.74, 6) is 0. The van der Waals surface area contributed by atoms with Gasteiger partial charge in [0.1, 0.15) is 7.85 Å².